The van der Waals surface area contributed by atoms with E-state index in [1.807, 2.05) is 68.4 Å². The molecule has 0 aliphatic heterocycles. The highest BCUT2D eigenvalue weighted by atomic mass is 16.5. The van der Waals surface area contributed by atoms with Gasteiger partial charge < -0.3 is 19.5 Å². The summed E-state index contributed by atoms with van der Waals surface area (Å²) in [4.78, 5) is 17.8. The van der Waals surface area contributed by atoms with E-state index in [9.17, 15) is 4.79 Å². The molecule has 6 nitrogen and oxygen atoms in total. The molecule has 6 heteroatoms. The first-order valence-corrected chi connectivity index (χ1v) is 10.7. The highest BCUT2D eigenvalue weighted by Gasteiger charge is 2.14. The van der Waals surface area contributed by atoms with Gasteiger partial charge in [-0.3, -0.25) is 4.79 Å². The van der Waals surface area contributed by atoms with Crippen molar-refractivity contribution in [2.75, 3.05) is 26.1 Å². The molecule has 0 unspecified atom stereocenters. The van der Waals surface area contributed by atoms with Crippen LogP contribution >= 0.6 is 0 Å². The minimum absolute atomic E-state index is 0.236. The van der Waals surface area contributed by atoms with E-state index in [0.29, 0.717) is 29.4 Å². The second-order valence-electron chi connectivity index (χ2n) is 7.56. The lowest BCUT2D eigenvalue weighted by molar-refractivity contribution is 0.102. The van der Waals surface area contributed by atoms with Gasteiger partial charge in [-0.15, -0.1) is 0 Å². The normalized spacial score (nSPS) is 10.7. The molecule has 1 heterocycles. The Labute approximate surface area is 193 Å². The van der Waals surface area contributed by atoms with Crippen molar-refractivity contribution < 1.29 is 19.0 Å². The predicted molar refractivity (Wildman–Crippen MR) is 131 cm³/mol. The Hall–Kier alpha value is -4.06. The fourth-order valence-electron chi connectivity index (χ4n) is 3.66. The van der Waals surface area contributed by atoms with E-state index in [1.165, 1.54) is 0 Å². The second kappa shape index (κ2) is 9.61. The summed E-state index contributed by atoms with van der Waals surface area (Å²) in [5.74, 6) is 1.79. The number of fused-ring (bicyclic) bond motifs is 1. The third-order valence-corrected chi connectivity index (χ3v) is 5.30. The number of hydrogen-bond acceptors (Lipinski definition) is 5. The minimum Gasteiger partial charge on any atom is -0.497 e. The molecule has 0 fully saturated rings. The van der Waals surface area contributed by atoms with Gasteiger partial charge in [0.15, 0.2) is 0 Å². The highest BCUT2D eigenvalue weighted by molar-refractivity contribution is 6.07. The van der Waals surface area contributed by atoms with Crippen LogP contribution in [-0.2, 0) is 0 Å². The van der Waals surface area contributed by atoms with Gasteiger partial charge in [-0.2, -0.15) is 0 Å². The second-order valence-corrected chi connectivity index (χ2v) is 7.56. The van der Waals surface area contributed by atoms with Gasteiger partial charge in [0.1, 0.15) is 17.2 Å². The number of carbonyl (C=O) groups is 1. The van der Waals surface area contributed by atoms with Crippen molar-refractivity contribution in [2.24, 2.45) is 0 Å². The topological polar surface area (TPSA) is 69.7 Å². The number of aromatic nitrogens is 1. The molecular weight excluding hydrogens is 416 g/mol. The van der Waals surface area contributed by atoms with Crippen molar-refractivity contribution in [1.82, 2.24) is 4.98 Å². The Balaban J connectivity index is 1.73. The maximum atomic E-state index is 13.0. The number of carbonyl (C=O) groups excluding carboxylic acids is 1. The monoisotopic (exact) mass is 442 g/mol. The Bertz CT molecular complexity index is 1320. The van der Waals surface area contributed by atoms with Crippen molar-refractivity contribution in [3.05, 3.63) is 77.9 Å². The largest absolute Gasteiger partial charge is 0.497 e. The smallest absolute Gasteiger partial charge is 0.255 e. The molecule has 1 aromatic heterocycles. The van der Waals surface area contributed by atoms with Gasteiger partial charge in [0, 0.05) is 22.6 Å². The number of aryl methyl sites for hydroxylation is 1. The summed E-state index contributed by atoms with van der Waals surface area (Å²) in [6.07, 6.45) is 0. The van der Waals surface area contributed by atoms with Crippen molar-refractivity contribution in [2.45, 2.75) is 13.8 Å². The fourth-order valence-corrected chi connectivity index (χ4v) is 3.66. The first kappa shape index (κ1) is 22.1. The zero-order valence-electron chi connectivity index (χ0n) is 19.1. The lowest BCUT2D eigenvalue weighted by Crippen LogP contribution is -2.13. The van der Waals surface area contributed by atoms with Crippen LogP contribution in [0.4, 0.5) is 5.69 Å². The molecule has 0 bridgehead atoms. The summed E-state index contributed by atoms with van der Waals surface area (Å²) in [7, 11) is 3.22. The maximum Gasteiger partial charge on any atom is 0.255 e. The van der Waals surface area contributed by atoms with E-state index in [0.717, 1.165) is 33.5 Å². The molecule has 0 aliphatic rings. The van der Waals surface area contributed by atoms with E-state index < -0.39 is 0 Å². The summed E-state index contributed by atoms with van der Waals surface area (Å²) < 4.78 is 16.6. The molecule has 0 saturated carbocycles. The van der Waals surface area contributed by atoms with Crippen LogP contribution in [0.15, 0.2) is 66.7 Å². The summed E-state index contributed by atoms with van der Waals surface area (Å²) >= 11 is 0. The molecule has 0 saturated heterocycles. The van der Waals surface area contributed by atoms with Crippen LogP contribution in [0.3, 0.4) is 0 Å². The fraction of sp³-hybridized carbons (Fsp3) is 0.185. The number of anilines is 1. The molecule has 0 atom stereocenters. The van der Waals surface area contributed by atoms with Crippen molar-refractivity contribution >= 4 is 22.5 Å². The van der Waals surface area contributed by atoms with Gasteiger partial charge in [-0.05, 0) is 61.9 Å². The van der Waals surface area contributed by atoms with Crippen LogP contribution < -0.4 is 19.5 Å². The molecule has 3 aromatic carbocycles. The number of benzene rings is 3. The van der Waals surface area contributed by atoms with Crippen molar-refractivity contribution in [3.8, 4) is 28.5 Å². The number of nitrogens with one attached hydrogen (secondary N) is 1. The number of amides is 1. The quantitative estimate of drug-likeness (QED) is 0.387. The molecule has 33 heavy (non-hydrogen) atoms. The third-order valence-electron chi connectivity index (χ3n) is 5.30. The number of nitrogens with zero attached hydrogens (tertiary/aromatic N) is 1. The Kier molecular flexibility index (Phi) is 6.45. The van der Waals surface area contributed by atoms with E-state index in [2.05, 4.69) is 5.32 Å². The molecule has 0 radical (unpaired) electrons. The first-order valence-electron chi connectivity index (χ1n) is 10.7. The van der Waals surface area contributed by atoms with Gasteiger partial charge in [0.2, 0.25) is 0 Å². The van der Waals surface area contributed by atoms with Gasteiger partial charge in [-0.25, -0.2) is 4.98 Å². The number of ether oxygens (including phenoxy) is 3. The number of rotatable bonds is 7. The van der Waals surface area contributed by atoms with Gasteiger partial charge in [-0.1, -0.05) is 18.2 Å². The average Bonchev–Trinajstić information content (AvgIpc) is 2.84. The van der Waals surface area contributed by atoms with Crippen LogP contribution in [0, 0.1) is 6.92 Å². The molecule has 1 amide bonds. The highest BCUT2D eigenvalue weighted by Crippen LogP contribution is 2.33. The zero-order valence-corrected chi connectivity index (χ0v) is 19.1. The predicted octanol–water partition coefficient (Wildman–Crippen LogP) is 5.88. The molecule has 1 N–H and O–H groups in total. The molecule has 0 spiro atoms. The van der Waals surface area contributed by atoms with E-state index >= 15 is 0 Å². The lowest BCUT2D eigenvalue weighted by Gasteiger charge is -2.13. The molecule has 168 valence electrons. The van der Waals surface area contributed by atoms with Crippen molar-refractivity contribution in [1.29, 1.82) is 0 Å². The van der Waals surface area contributed by atoms with E-state index in [4.69, 9.17) is 19.2 Å². The standard InChI is InChI=1S/C27H26N2O4/c1-5-33-26-16-23(18-7-6-8-20(14-18)31-3)28-22-11-10-19(15-21(22)26)27(30)29-24-13-17(2)9-12-25(24)32-4/h6-16H,5H2,1-4H3,(H,29,30). The molecule has 0 aliphatic carbocycles. The Morgan fingerprint density at radius 3 is 2.55 bits per heavy atom. The molecular formula is C27H26N2O4. The van der Waals surface area contributed by atoms with Crippen LogP contribution in [0.25, 0.3) is 22.2 Å². The van der Waals surface area contributed by atoms with Gasteiger partial charge in [0.05, 0.1) is 37.7 Å². The minimum atomic E-state index is -0.236. The average molecular weight is 443 g/mol. The van der Waals surface area contributed by atoms with Crippen molar-refractivity contribution in [3.63, 3.8) is 0 Å². The zero-order chi connectivity index (χ0) is 23.4. The number of methoxy groups -OCH3 is 2. The first-order chi connectivity index (χ1) is 16.0. The number of hydrogen-bond donors (Lipinski definition) is 1. The lowest BCUT2D eigenvalue weighted by atomic mass is 10.1. The van der Waals surface area contributed by atoms with Crippen LogP contribution in [-0.4, -0.2) is 31.7 Å². The van der Waals surface area contributed by atoms with E-state index in [-0.39, 0.29) is 5.91 Å². The maximum absolute atomic E-state index is 13.0. The van der Waals surface area contributed by atoms with Crippen LogP contribution in [0.2, 0.25) is 0 Å². The van der Waals surface area contributed by atoms with E-state index in [1.54, 1.807) is 26.4 Å². The van der Waals surface area contributed by atoms with Crippen LogP contribution in [0.1, 0.15) is 22.8 Å². The Morgan fingerprint density at radius 1 is 0.939 bits per heavy atom. The molecule has 4 rings (SSSR count). The SMILES string of the molecule is CCOc1cc(-c2cccc(OC)c2)nc2ccc(C(=O)Nc3cc(C)ccc3OC)cc12. The Morgan fingerprint density at radius 2 is 1.79 bits per heavy atom. The summed E-state index contributed by atoms with van der Waals surface area (Å²) in [5.41, 5.74) is 4.58. The summed E-state index contributed by atoms with van der Waals surface area (Å²) in [5, 5.41) is 3.72. The third kappa shape index (κ3) is 4.75. The van der Waals surface area contributed by atoms with Crippen LogP contribution in [0.5, 0.6) is 17.2 Å². The summed E-state index contributed by atoms with van der Waals surface area (Å²) in [6.45, 7) is 4.39. The number of pyridine rings is 1. The molecule has 4 aromatic rings. The summed E-state index contributed by atoms with van der Waals surface area (Å²) in [6, 6.07) is 20.7. The van der Waals surface area contributed by atoms with Gasteiger partial charge >= 0.3 is 0 Å². The van der Waals surface area contributed by atoms with Gasteiger partial charge in [0.25, 0.3) is 5.91 Å².